The van der Waals surface area contributed by atoms with E-state index in [9.17, 15) is 38.9 Å². The fourth-order valence-electron chi connectivity index (χ4n) is 4.87. The smallest absolute Gasteiger partial charge is 0.419 e. The van der Waals surface area contributed by atoms with Gasteiger partial charge in [-0.3, -0.25) is 19.7 Å². The summed E-state index contributed by atoms with van der Waals surface area (Å²) in [5, 5.41) is 11.3. The van der Waals surface area contributed by atoms with Crippen molar-refractivity contribution in [3.8, 4) is 0 Å². The summed E-state index contributed by atoms with van der Waals surface area (Å²) in [7, 11) is 0. The van der Waals surface area contributed by atoms with Gasteiger partial charge in [-0.2, -0.15) is 0 Å². The van der Waals surface area contributed by atoms with Gasteiger partial charge in [0.05, 0.1) is 16.1 Å². The molecule has 0 aliphatic heterocycles. The van der Waals surface area contributed by atoms with Crippen LogP contribution in [0.15, 0.2) is 91.0 Å². The van der Waals surface area contributed by atoms with Crippen molar-refractivity contribution in [1.82, 2.24) is 0 Å². The molecule has 4 rings (SSSR count). The lowest BCUT2D eigenvalue weighted by atomic mass is 9.83. The minimum Gasteiger partial charge on any atom is -0.458 e. The summed E-state index contributed by atoms with van der Waals surface area (Å²) >= 11 is 12.6. The van der Waals surface area contributed by atoms with E-state index in [0.717, 1.165) is 24.7 Å². The third kappa shape index (κ3) is 8.68. The van der Waals surface area contributed by atoms with Crippen LogP contribution >= 0.6 is 23.2 Å². The van der Waals surface area contributed by atoms with E-state index < -0.39 is 63.1 Å². The van der Waals surface area contributed by atoms with Crippen LogP contribution in [0.5, 0.6) is 0 Å². The molecule has 0 saturated heterocycles. The van der Waals surface area contributed by atoms with Crippen LogP contribution in [0.2, 0.25) is 10.0 Å². The van der Waals surface area contributed by atoms with Crippen LogP contribution < -0.4 is 0 Å². The van der Waals surface area contributed by atoms with Crippen molar-refractivity contribution in [2.75, 3.05) is 0 Å². The zero-order valence-electron chi connectivity index (χ0n) is 27.5. The lowest BCUT2D eigenvalue weighted by molar-refractivity contribution is -0.385. The SMILES string of the molecule is CC(C)(C)OC(=O)C(O[C]=O)(C(=O)c1ccccc1[C]=O)c1ccc(C(=O)OC(C(=O)OCc2ccccc2[N+](=O)[O-])c2ccc(Cl)cc2)cc1Cl. The van der Waals surface area contributed by atoms with E-state index in [2.05, 4.69) is 0 Å². The molecule has 0 heterocycles. The van der Waals surface area contributed by atoms with Gasteiger partial charge in [0.15, 0.2) is 0 Å². The maximum Gasteiger partial charge on any atom is 0.419 e. The van der Waals surface area contributed by atoms with Gasteiger partial charge in [0.1, 0.15) is 12.2 Å². The van der Waals surface area contributed by atoms with Crippen molar-refractivity contribution in [3.05, 3.63) is 145 Å². The van der Waals surface area contributed by atoms with Crippen LogP contribution in [-0.2, 0) is 50.3 Å². The van der Waals surface area contributed by atoms with E-state index >= 15 is 0 Å². The molecule has 2 unspecified atom stereocenters. The number of benzene rings is 4. The summed E-state index contributed by atoms with van der Waals surface area (Å²) in [6.45, 7) is 5.04. The summed E-state index contributed by atoms with van der Waals surface area (Å²) in [6, 6.07) is 19.6. The Morgan fingerprint density at radius 1 is 0.885 bits per heavy atom. The highest BCUT2D eigenvalue weighted by molar-refractivity contribution is 6.33. The number of carbonyl (C=O) groups excluding carboxylic acids is 6. The van der Waals surface area contributed by atoms with Gasteiger partial charge in [-0.05, 0) is 51.1 Å². The van der Waals surface area contributed by atoms with Gasteiger partial charge in [0.2, 0.25) is 18.2 Å². The van der Waals surface area contributed by atoms with E-state index in [1.54, 1.807) is 6.29 Å². The third-order valence-electron chi connectivity index (χ3n) is 7.24. The first-order valence-corrected chi connectivity index (χ1v) is 15.8. The van der Waals surface area contributed by atoms with Crippen LogP contribution in [0.4, 0.5) is 5.69 Å². The van der Waals surface area contributed by atoms with Crippen molar-refractivity contribution < 1.29 is 52.6 Å². The number of halogens is 2. The molecular formula is C37H27Cl2NO12. The molecule has 15 heteroatoms. The number of hydrogen-bond donors (Lipinski definition) is 0. The molecule has 0 aliphatic rings. The first-order valence-electron chi connectivity index (χ1n) is 15.1. The number of carbonyl (C=O) groups is 4. The first kappa shape index (κ1) is 38.9. The summed E-state index contributed by atoms with van der Waals surface area (Å²) < 4.78 is 21.4. The predicted octanol–water partition coefficient (Wildman–Crippen LogP) is 6.50. The van der Waals surface area contributed by atoms with Crippen molar-refractivity contribution in [3.63, 3.8) is 0 Å². The maximum atomic E-state index is 14.1. The normalized spacial score (nSPS) is 12.7. The topological polar surface area (TPSA) is 182 Å². The largest absolute Gasteiger partial charge is 0.458 e. The van der Waals surface area contributed by atoms with E-state index in [0.29, 0.717) is 5.02 Å². The fraction of sp³-hybridized carbons (Fsp3) is 0.189. The van der Waals surface area contributed by atoms with Crippen LogP contribution in [0, 0.1) is 10.1 Å². The number of nitro groups is 1. The van der Waals surface area contributed by atoms with E-state index in [1.807, 2.05) is 0 Å². The van der Waals surface area contributed by atoms with Crippen LogP contribution in [0.1, 0.15) is 69.8 Å². The third-order valence-corrected chi connectivity index (χ3v) is 7.80. The first-order chi connectivity index (χ1) is 24.6. The Labute approximate surface area is 306 Å². The molecule has 0 aliphatic carbocycles. The number of ether oxygens (including phenoxy) is 4. The molecule has 0 fully saturated rings. The summed E-state index contributed by atoms with van der Waals surface area (Å²) in [6.07, 6.45) is -0.119. The molecule has 0 bridgehead atoms. The molecule has 266 valence electrons. The number of ketones is 1. The number of hydrogen-bond acceptors (Lipinski definition) is 12. The maximum absolute atomic E-state index is 14.1. The van der Waals surface area contributed by atoms with E-state index in [1.165, 1.54) is 93.6 Å². The Bertz CT molecular complexity index is 2040. The molecule has 0 N–H and O–H groups in total. The van der Waals surface area contributed by atoms with Gasteiger partial charge in [-0.1, -0.05) is 77.8 Å². The second-order valence-electron chi connectivity index (χ2n) is 11.9. The highest BCUT2D eigenvalue weighted by Crippen LogP contribution is 2.38. The molecule has 4 aromatic rings. The van der Waals surface area contributed by atoms with Crippen molar-refractivity contribution in [2.24, 2.45) is 0 Å². The minimum absolute atomic E-state index is 0.0795. The molecular weight excluding hydrogens is 721 g/mol. The van der Waals surface area contributed by atoms with Gasteiger partial charge in [0, 0.05) is 38.4 Å². The molecule has 0 amide bonds. The zero-order chi connectivity index (χ0) is 38.2. The Kier molecular flexibility index (Phi) is 12.3. The van der Waals surface area contributed by atoms with Crippen molar-refractivity contribution >= 4 is 65.3 Å². The molecule has 0 saturated carbocycles. The van der Waals surface area contributed by atoms with Gasteiger partial charge in [0.25, 0.3) is 11.3 Å². The Morgan fingerprint density at radius 3 is 2.15 bits per heavy atom. The van der Waals surface area contributed by atoms with Crippen molar-refractivity contribution in [1.29, 1.82) is 0 Å². The summed E-state index contributed by atoms with van der Waals surface area (Å²) in [5.74, 6) is -4.86. The molecule has 2 radical (unpaired) electrons. The van der Waals surface area contributed by atoms with Gasteiger partial charge >= 0.3 is 24.4 Å². The highest BCUT2D eigenvalue weighted by atomic mass is 35.5. The molecule has 4 aromatic carbocycles. The molecule has 2 atom stereocenters. The molecule has 0 aromatic heterocycles. The fourth-order valence-corrected chi connectivity index (χ4v) is 5.31. The Balaban J connectivity index is 1.74. The average Bonchev–Trinajstić information content (AvgIpc) is 3.11. The predicted molar refractivity (Wildman–Crippen MR) is 184 cm³/mol. The molecule has 0 spiro atoms. The quantitative estimate of drug-likeness (QED) is 0.0341. The second kappa shape index (κ2) is 16.4. The van der Waals surface area contributed by atoms with E-state index in [-0.39, 0.29) is 33.5 Å². The van der Waals surface area contributed by atoms with Crippen LogP contribution in [0.3, 0.4) is 0 Å². The van der Waals surface area contributed by atoms with E-state index in [4.69, 9.17) is 42.1 Å². The number of para-hydroxylation sites is 1. The van der Waals surface area contributed by atoms with Crippen molar-refractivity contribution in [2.45, 2.75) is 44.7 Å². The Hall–Kier alpha value is -5.92. The van der Waals surface area contributed by atoms with Gasteiger partial charge in [-0.25, -0.2) is 19.2 Å². The van der Waals surface area contributed by atoms with Crippen LogP contribution in [0.25, 0.3) is 0 Å². The monoisotopic (exact) mass is 747 g/mol. The number of rotatable bonds is 14. The minimum atomic E-state index is -2.96. The molecule has 13 nitrogen and oxygen atoms in total. The van der Waals surface area contributed by atoms with Gasteiger partial charge in [-0.15, -0.1) is 0 Å². The lowest BCUT2D eigenvalue weighted by Crippen LogP contribution is -2.50. The number of esters is 3. The summed E-state index contributed by atoms with van der Waals surface area (Å²) in [5.41, 5.74) is -5.69. The van der Waals surface area contributed by atoms with Crippen LogP contribution in [-0.4, -0.2) is 47.0 Å². The Morgan fingerprint density at radius 2 is 1.54 bits per heavy atom. The van der Waals surface area contributed by atoms with Gasteiger partial charge < -0.3 is 18.9 Å². The number of nitro benzene ring substituents is 1. The lowest BCUT2D eigenvalue weighted by Gasteiger charge is -2.32. The standard InChI is InChI=1S/C37H27Cl2NO12/c1-36(2,3)52-35(46)37(50-21-42,32(43)27-10-6-4-8-24(27)19-41)28-17-14-23(18-29(28)39)33(44)51-31(22-12-15-26(38)16-13-22)34(45)49-20-25-9-5-7-11-30(25)40(47)48/h4-18,31H,20H2,1-3H3. The summed E-state index contributed by atoms with van der Waals surface area (Å²) in [4.78, 5) is 89.0. The molecule has 52 heavy (non-hydrogen) atoms. The number of nitrogens with zero attached hydrogens (tertiary/aromatic N) is 1. The number of Topliss-reactive ketones (excluding diaryl/α,β-unsaturated/α-hetero) is 1. The average molecular weight is 749 g/mol. The zero-order valence-corrected chi connectivity index (χ0v) is 29.1. The highest BCUT2D eigenvalue weighted by Gasteiger charge is 2.55. The second-order valence-corrected chi connectivity index (χ2v) is 12.7.